The summed E-state index contributed by atoms with van der Waals surface area (Å²) >= 11 is 0. The first-order chi connectivity index (χ1) is 9.72. The van der Waals surface area contributed by atoms with Crippen molar-refractivity contribution >= 4 is 5.97 Å². The molecule has 0 saturated heterocycles. The van der Waals surface area contributed by atoms with E-state index in [4.69, 9.17) is 10.00 Å². The maximum absolute atomic E-state index is 11.8. The second-order valence-electron chi connectivity index (χ2n) is 4.21. The van der Waals surface area contributed by atoms with Crippen LogP contribution in [0.25, 0.3) is 11.1 Å². The minimum atomic E-state index is -0.519. The molecule has 3 heteroatoms. The molecule has 98 valence electrons. The highest BCUT2D eigenvalue weighted by atomic mass is 16.5. The van der Waals surface area contributed by atoms with Crippen LogP contribution < -0.4 is 4.74 Å². The van der Waals surface area contributed by atoms with Crippen LogP contribution in [-0.4, -0.2) is 5.97 Å². The van der Waals surface area contributed by atoms with Gasteiger partial charge in [-0.3, -0.25) is 0 Å². The third-order valence-electron chi connectivity index (χ3n) is 2.78. The van der Waals surface area contributed by atoms with E-state index in [-0.39, 0.29) is 5.57 Å². The van der Waals surface area contributed by atoms with Gasteiger partial charge in [-0.15, -0.1) is 0 Å². The third kappa shape index (κ3) is 3.12. The highest BCUT2D eigenvalue weighted by Crippen LogP contribution is 2.29. The van der Waals surface area contributed by atoms with Crippen LogP contribution in [0.4, 0.5) is 0 Å². The quantitative estimate of drug-likeness (QED) is 0.367. The van der Waals surface area contributed by atoms with Gasteiger partial charge in [-0.25, -0.2) is 4.79 Å². The van der Waals surface area contributed by atoms with Gasteiger partial charge in [0, 0.05) is 17.2 Å². The topological polar surface area (TPSA) is 50.1 Å². The number of nitrogens with zero attached hydrogens (tertiary/aromatic N) is 1. The molecule has 0 atom stereocenters. The van der Waals surface area contributed by atoms with Crippen LogP contribution in [0, 0.1) is 11.3 Å². The summed E-state index contributed by atoms with van der Waals surface area (Å²) in [6.07, 6.45) is 1.17. The summed E-state index contributed by atoms with van der Waals surface area (Å²) < 4.78 is 5.36. The fourth-order valence-corrected chi connectivity index (χ4v) is 1.75. The summed E-state index contributed by atoms with van der Waals surface area (Å²) in [4.78, 5) is 11.8. The summed E-state index contributed by atoms with van der Waals surface area (Å²) in [5, 5.41) is 8.55. The first-order valence-corrected chi connectivity index (χ1v) is 6.15. The number of hydrogen-bond acceptors (Lipinski definition) is 3. The van der Waals surface area contributed by atoms with Crippen molar-refractivity contribution in [3.05, 3.63) is 66.2 Å². The Kier molecular flexibility index (Phi) is 4.31. The first kappa shape index (κ1) is 13.6. The molecule has 2 aromatic rings. The summed E-state index contributed by atoms with van der Waals surface area (Å²) in [6, 6.07) is 18.8. The van der Waals surface area contributed by atoms with E-state index in [0.29, 0.717) is 5.75 Å². The van der Waals surface area contributed by atoms with E-state index in [2.05, 4.69) is 0 Å². The van der Waals surface area contributed by atoms with E-state index in [1.807, 2.05) is 48.5 Å². The van der Waals surface area contributed by atoms with E-state index < -0.39 is 5.97 Å². The monoisotopic (exact) mass is 263 g/mol. The Morgan fingerprint density at radius 1 is 1.10 bits per heavy atom. The highest BCUT2D eigenvalue weighted by molar-refractivity contribution is 5.91. The molecule has 0 heterocycles. The molecule has 2 aromatic carbocycles. The number of allylic oxidation sites excluding steroid dienone is 1. The maximum atomic E-state index is 11.8. The standard InChI is InChI=1S/C17H13NO2/c1-13(11-12-18)17(19)20-16-10-6-5-9-15(16)14-7-3-2-4-8-14/h2-11H,1H3/b13-11+. The van der Waals surface area contributed by atoms with Gasteiger partial charge in [0.15, 0.2) is 0 Å². The van der Waals surface area contributed by atoms with E-state index in [0.717, 1.165) is 11.1 Å². The maximum Gasteiger partial charge on any atom is 0.339 e. The van der Waals surface area contributed by atoms with Crippen LogP contribution in [0.3, 0.4) is 0 Å². The van der Waals surface area contributed by atoms with Gasteiger partial charge in [-0.1, -0.05) is 48.5 Å². The predicted octanol–water partition coefficient (Wildman–Crippen LogP) is 3.73. The number of para-hydroxylation sites is 1. The van der Waals surface area contributed by atoms with Crippen LogP contribution >= 0.6 is 0 Å². The Balaban J connectivity index is 2.33. The van der Waals surface area contributed by atoms with Gasteiger partial charge < -0.3 is 4.74 Å². The number of carbonyl (C=O) groups excluding carboxylic acids is 1. The molecule has 3 nitrogen and oxygen atoms in total. The Bertz CT molecular complexity index is 682. The van der Waals surface area contributed by atoms with Gasteiger partial charge in [0.05, 0.1) is 6.07 Å². The number of hydrogen-bond donors (Lipinski definition) is 0. The SMILES string of the molecule is C/C(=C\C#N)C(=O)Oc1ccccc1-c1ccccc1. The largest absolute Gasteiger partial charge is 0.422 e. The van der Waals surface area contributed by atoms with Crippen molar-refractivity contribution in [3.63, 3.8) is 0 Å². The fraction of sp³-hybridized carbons (Fsp3) is 0.0588. The number of benzene rings is 2. The van der Waals surface area contributed by atoms with Gasteiger partial charge >= 0.3 is 5.97 Å². The average Bonchev–Trinajstić information content (AvgIpc) is 2.49. The molecular weight excluding hydrogens is 250 g/mol. The van der Waals surface area contributed by atoms with E-state index in [1.165, 1.54) is 6.08 Å². The first-order valence-electron chi connectivity index (χ1n) is 6.15. The summed E-state index contributed by atoms with van der Waals surface area (Å²) in [5.74, 6) is -0.0377. The lowest BCUT2D eigenvalue weighted by atomic mass is 10.0. The van der Waals surface area contributed by atoms with E-state index >= 15 is 0 Å². The molecule has 0 aromatic heterocycles. The van der Waals surface area contributed by atoms with Crippen LogP contribution in [0.5, 0.6) is 5.75 Å². The molecule has 0 aliphatic rings. The van der Waals surface area contributed by atoms with Crippen molar-refractivity contribution in [1.29, 1.82) is 5.26 Å². The van der Waals surface area contributed by atoms with Crippen LogP contribution in [0.2, 0.25) is 0 Å². The summed E-state index contributed by atoms with van der Waals surface area (Å²) in [5.41, 5.74) is 2.08. The van der Waals surface area contributed by atoms with Gasteiger partial charge in [-0.05, 0) is 18.6 Å². The molecule has 0 aliphatic heterocycles. The van der Waals surface area contributed by atoms with Crippen molar-refractivity contribution in [3.8, 4) is 22.9 Å². The lowest BCUT2D eigenvalue weighted by Gasteiger charge is -2.10. The second kappa shape index (κ2) is 6.35. The zero-order valence-corrected chi connectivity index (χ0v) is 11.0. The van der Waals surface area contributed by atoms with Crippen LogP contribution in [0.1, 0.15) is 6.92 Å². The molecular formula is C17H13NO2. The smallest absolute Gasteiger partial charge is 0.339 e. The minimum absolute atomic E-state index is 0.273. The fourth-order valence-electron chi connectivity index (χ4n) is 1.75. The summed E-state index contributed by atoms with van der Waals surface area (Å²) in [7, 11) is 0. The normalized spacial score (nSPS) is 10.7. The minimum Gasteiger partial charge on any atom is -0.422 e. The zero-order valence-electron chi connectivity index (χ0n) is 11.0. The van der Waals surface area contributed by atoms with Crippen molar-refractivity contribution in [2.45, 2.75) is 6.92 Å². The molecule has 0 spiro atoms. The van der Waals surface area contributed by atoms with E-state index in [1.54, 1.807) is 19.1 Å². The van der Waals surface area contributed by atoms with Crippen molar-refractivity contribution in [2.75, 3.05) is 0 Å². The second-order valence-corrected chi connectivity index (χ2v) is 4.21. The molecule has 0 amide bonds. The average molecular weight is 263 g/mol. The van der Waals surface area contributed by atoms with Crippen molar-refractivity contribution < 1.29 is 9.53 Å². The Hall–Kier alpha value is -2.86. The molecule has 2 rings (SSSR count). The number of carbonyl (C=O) groups is 1. The van der Waals surface area contributed by atoms with Gasteiger partial charge in [0.1, 0.15) is 5.75 Å². The predicted molar refractivity (Wildman–Crippen MR) is 76.9 cm³/mol. The molecule has 0 saturated carbocycles. The Morgan fingerprint density at radius 3 is 2.45 bits per heavy atom. The number of esters is 1. The molecule has 0 aliphatic carbocycles. The van der Waals surface area contributed by atoms with Gasteiger partial charge in [-0.2, -0.15) is 5.26 Å². The molecule has 0 fully saturated rings. The van der Waals surface area contributed by atoms with Crippen LogP contribution in [-0.2, 0) is 4.79 Å². The zero-order chi connectivity index (χ0) is 14.4. The lowest BCUT2D eigenvalue weighted by molar-refractivity contribution is -0.130. The number of rotatable bonds is 3. The Morgan fingerprint density at radius 2 is 1.75 bits per heavy atom. The van der Waals surface area contributed by atoms with E-state index in [9.17, 15) is 4.79 Å². The lowest BCUT2D eigenvalue weighted by Crippen LogP contribution is -2.09. The number of nitriles is 1. The number of ether oxygens (including phenoxy) is 1. The van der Waals surface area contributed by atoms with Crippen molar-refractivity contribution in [1.82, 2.24) is 0 Å². The van der Waals surface area contributed by atoms with Crippen molar-refractivity contribution in [2.24, 2.45) is 0 Å². The molecule has 20 heavy (non-hydrogen) atoms. The van der Waals surface area contributed by atoms with Gasteiger partial charge in [0.25, 0.3) is 0 Å². The van der Waals surface area contributed by atoms with Gasteiger partial charge in [0.2, 0.25) is 0 Å². The molecule has 0 bridgehead atoms. The Labute approximate surface area is 117 Å². The third-order valence-corrected chi connectivity index (χ3v) is 2.78. The molecule has 0 N–H and O–H groups in total. The highest BCUT2D eigenvalue weighted by Gasteiger charge is 2.11. The summed E-state index contributed by atoms with van der Waals surface area (Å²) in [6.45, 7) is 1.55. The molecule has 0 unspecified atom stereocenters. The van der Waals surface area contributed by atoms with Crippen LogP contribution in [0.15, 0.2) is 66.2 Å². The molecule has 0 radical (unpaired) electrons.